The van der Waals surface area contributed by atoms with Crippen molar-refractivity contribution in [1.29, 1.82) is 0 Å². The fourth-order valence-electron chi connectivity index (χ4n) is 3.21. The molecule has 1 aromatic carbocycles. The van der Waals surface area contributed by atoms with Crippen LogP contribution in [-0.4, -0.2) is 42.6 Å². The molecule has 1 aliphatic rings. The predicted octanol–water partition coefficient (Wildman–Crippen LogP) is 3.54. The summed E-state index contributed by atoms with van der Waals surface area (Å²) in [4.78, 5) is 19.2. The SMILES string of the molecule is COCC1CCCN(C(=O)c2oc(-c3ccccc3)nc2C)CC1. The Morgan fingerprint density at radius 2 is 2.08 bits per heavy atom. The van der Waals surface area contributed by atoms with Gasteiger partial charge < -0.3 is 14.1 Å². The number of likely N-dealkylation sites (tertiary alicyclic amines) is 1. The molecule has 5 nitrogen and oxygen atoms in total. The molecular formula is C19H24N2O3. The monoisotopic (exact) mass is 328 g/mol. The summed E-state index contributed by atoms with van der Waals surface area (Å²) in [5.41, 5.74) is 1.53. The van der Waals surface area contributed by atoms with E-state index >= 15 is 0 Å². The van der Waals surface area contributed by atoms with E-state index in [4.69, 9.17) is 9.15 Å². The molecule has 0 aliphatic carbocycles. The number of aromatic nitrogens is 1. The maximum absolute atomic E-state index is 12.8. The van der Waals surface area contributed by atoms with Gasteiger partial charge in [-0.25, -0.2) is 4.98 Å². The topological polar surface area (TPSA) is 55.6 Å². The minimum absolute atomic E-state index is 0.0553. The summed E-state index contributed by atoms with van der Waals surface area (Å²) in [6.07, 6.45) is 3.07. The molecule has 1 saturated heterocycles. The van der Waals surface area contributed by atoms with Gasteiger partial charge in [-0.2, -0.15) is 0 Å². The van der Waals surface area contributed by atoms with E-state index in [1.54, 1.807) is 7.11 Å². The Morgan fingerprint density at radius 1 is 1.29 bits per heavy atom. The van der Waals surface area contributed by atoms with Crippen molar-refractivity contribution < 1.29 is 13.9 Å². The molecule has 1 unspecified atom stereocenters. The fourth-order valence-corrected chi connectivity index (χ4v) is 3.21. The molecule has 128 valence electrons. The number of rotatable bonds is 4. The van der Waals surface area contributed by atoms with Gasteiger partial charge in [0.15, 0.2) is 0 Å². The van der Waals surface area contributed by atoms with Crippen LogP contribution in [-0.2, 0) is 4.74 Å². The number of hydrogen-bond acceptors (Lipinski definition) is 4. The van der Waals surface area contributed by atoms with Gasteiger partial charge in [-0.15, -0.1) is 0 Å². The number of carbonyl (C=O) groups is 1. The van der Waals surface area contributed by atoms with E-state index < -0.39 is 0 Å². The normalized spacial score (nSPS) is 18.4. The van der Waals surface area contributed by atoms with Gasteiger partial charge in [-0.3, -0.25) is 4.79 Å². The highest BCUT2D eigenvalue weighted by molar-refractivity contribution is 5.92. The van der Waals surface area contributed by atoms with Crippen molar-refractivity contribution in [2.75, 3.05) is 26.8 Å². The summed E-state index contributed by atoms with van der Waals surface area (Å²) < 4.78 is 11.1. The average Bonchev–Trinajstić information content (AvgIpc) is 2.84. The van der Waals surface area contributed by atoms with Crippen LogP contribution in [0.3, 0.4) is 0 Å². The molecule has 0 saturated carbocycles. The van der Waals surface area contributed by atoms with Crippen molar-refractivity contribution in [1.82, 2.24) is 9.88 Å². The second kappa shape index (κ2) is 7.62. The van der Waals surface area contributed by atoms with Gasteiger partial charge in [0.05, 0.1) is 5.69 Å². The van der Waals surface area contributed by atoms with E-state index in [2.05, 4.69) is 4.98 Å². The summed E-state index contributed by atoms with van der Waals surface area (Å²) >= 11 is 0. The molecule has 0 spiro atoms. The number of benzene rings is 1. The Hall–Kier alpha value is -2.14. The van der Waals surface area contributed by atoms with Crippen LogP contribution in [0, 0.1) is 12.8 Å². The smallest absolute Gasteiger partial charge is 0.291 e. The Bertz CT molecular complexity index is 681. The molecule has 0 N–H and O–H groups in total. The van der Waals surface area contributed by atoms with Crippen molar-refractivity contribution in [3.8, 4) is 11.5 Å². The Labute approximate surface area is 142 Å². The fraction of sp³-hybridized carbons (Fsp3) is 0.474. The predicted molar refractivity (Wildman–Crippen MR) is 91.8 cm³/mol. The summed E-state index contributed by atoms with van der Waals surface area (Å²) in [7, 11) is 1.73. The van der Waals surface area contributed by atoms with Gasteiger partial charge in [-0.05, 0) is 44.2 Å². The lowest BCUT2D eigenvalue weighted by Gasteiger charge is -2.19. The van der Waals surface area contributed by atoms with Gasteiger partial charge in [0.25, 0.3) is 5.91 Å². The molecule has 1 atom stereocenters. The first kappa shape index (κ1) is 16.7. The van der Waals surface area contributed by atoms with E-state index in [1.165, 1.54) is 0 Å². The third kappa shape index (κ3) is 3.67. The largest absolute Gasteiger partial charge is 0.431 e. The summed E-state index contributed by atoms with van der Waals surface area (Å²) in [6, 6.07) is 9.67. The first-order chi connectivity index (χ1) is 11.7. The Balaban J connectivity index is 1.74. The first-order valence-corrected chi connectivity index (χ1v) is 8.50. The lowest BCUT2D eigenvalue weighted by atomic mass is 10.0. The molecule has 1 aliphatic heterocycles. The zero-order valence-corrected chi connectivity index (χ0v) is 14.3. The summed E-state index contributed by atoms with van der Waals surface area (Å²) in [6.45, 7) is 4.10. The molecule has 0 bridgehead atoms. The van der Waals surface area contributed by atoms with Crippen molar-refractivity contribution in [2.45, 2.75) is 26.2 Å². The molecular weight excluding hydrogens is 304 g/mol. The van der Waals surface area contributed by atoms with E-state index in [0.29, 0.717) is 23.3 Å². The number of methoxy groups -OCH3 is 1. The molecule has 2 heterocycles. The van der Waals surface area contributed by atoms with Crippen LogP contribution in [0.4, 0.5) is 0 Å². The molecule has 0 radical (unpaired) electrons. The molecule has 3 rings (SSSR count). The third-order valence-electron chi connectivity index (χ3n) is 4.55. The molecule has 5 heteroatoms. The van der Waals surface area contributed by atoms with Gasteiger partial charge >= 0.3 is 0 Å². The van der Waals surface area contributed by atoms with E-state index in [9.17, 15) is 4.79 Å². The number of ether oxygens (including phenoxy) is 1. The lowest BCUT2D eigenvalue weighted by molar-refractivity contribution is 0.0723. The number of amides is 1. The molecule has 1 amide bonds. The van der Waals surface area contributed by atoms with Gasteiger partial charge in [0.1, 0.15) is 0 Å². The zero-order chi connectivity index (χ0) is 16.9. The lowest BCUT2D eigenvalue weighted by Crippen LogP contribution is -2.32. The van der Waals surface area contributed by atoms with Crippen LogP contribution in [0.25, 0.3) is 11.5 Å². The Kier molecular flexibility index (Phi) is 5.30. The Morgan fingerprint density at radius 3 is 2.83 bits per heavy atom. The third-order valence-corrected chi connectivity index (χ3v) is 4.55. The molecule has 2 aromatic rings. The average molecular weight is 328 g/mol. The first-order valence-electron chi connectivity index (χ1n) is 8.50. The maximum atomic E-state index is 12.8. The van der Waals surface area contributed by atoms with Crippen LogP contribution in [0.15, 0.2) is 34.7 Å². The van der Waals surface area contributed by atoms with Crippen molar-refractivity contribution in [3.63, 3.8) is 0 Å². The second-order valence-electron chi connectivity index (χ2n) is 6.34. The standard InChI is InChI=1S/C19H24N2O3/c1-14-17(24-18(20-14)16-8-4-3-5-9-16)19(22)21-11-6-7-15(10-12-21)13-23-2/h3-5,8-9,15H,6-7,10-13H2,1-2H3. The van der Waals surface area contributed by atoms with Crippen molar-refractivity contribution in [2.24, 2.45) is 5.92 Å². The van der Waals surface area contributed by atoms with Crippen molar-refractivity contribution in [3.05, 3.63) is 41.8 Å². The highest BCUT2D eigenvalue weighted by Gasteiger charge is 2.26. The summed E-state index contributed by atoms with van der Waals surface area (Å²) in [5, 5.41) is 0. The second-order valence-corrected chi connectivity index (χ2v) is 6.34. The van der Waals surface area contributed by atoms with E-state index in [1.807, 2.05) is 42.2 Å². The number of oxazole rings is 1. The van der Waals surface area contributed by atoms with Gasteiger partial charge in [0.2, 0.25) is 11.7 Å². The van der Waals surface area contributed by atoms with Crippen LogP contribution in [0.2, 0.25) is 0 Å². The van der Waals surface area contributed by atoms with Crippen LogP contribution in [0.5, 0.6) is 0 Å². The maximum Gasteiger partial charge on any atom is 0.291 e. The van der Waals surface area contributed by atoms with E-state index in [-0.39, 0.29) is 5.91 Å². The highest BCUT2D eigenvalue weighted by atomic mass is 16.5. The summed E-state index contributed by atoms with van der Waals surface area (Å²) in [5.74, 6) is 1.34. The number of hydrogen-bond donors (Lipinski definition) is 0. The van der Waals surface area contributed by atoms with Crippen LogP contribution < -0.4 is 0 Å². The quantitative estimate of drug-likeness (QED) is 0.861. The zero-order valence-electron chi connectivity index (χ0n) is 14.3. The number of nitrogens with zero attached hydrogens (tertiary/aromatic N) is 2. The van der Waals surface area contributed by atoms with Crippen LogP contribution >= 0.6 is 0 Å². The minimum Gasteiger partial charge on any atom is -0.431 e. The minimum atomic E-state index is -0.0553. The molecule has 1 fully saturated rings. The highest BCUT2D eigenvalue weighted by Crippen LogP contribution is 2.24. The number of aryl methyl sites for hydroxylation is 1. The van der Waals surface area contributed by atoms with Crippen LogP contribution in [0.1, 0.15) is 35.5 Å². The molecule has 24 heavy (non-hydrogen) atoms. The molecule has 1 aromatic heterocycles. The van der Waals surface area contributed by atoms with Crippen molar-refractivity contribution >= 4 is 5.91 Å². The number of carbonyl (C=O) groups excluding carboxylic acids is 1. The van der Waals surface area contributed by atoms with Gasteiger partial charge in [-0.1, -0.05) is 18.2 Å². The van der Waals surface area contributed by atoms with Gasteiger partial charge in [0, 0.05) is 32.4 Å². The van der Waals surface area contributed by atoms with E-state index in [0.717, 1.165) is 44.5 Å².